The van der Waals surface area contributed by atoms with Crippen LogP contribution in [0.5, 0.6) is 0 Å². The van der Waals surface area contributed by atoms with E-state index in [0.29, 0.717) is 0 Å². The van der Waals surface area contributed by atoms with Gasteiger partial charge >= 0.3 is 0 Å². The molecule has 0 atom stereocenters. The van der Waals surface area contributed by atoms with E-state index in [1.165, 1.54) is 27.2 Å². The lowest BCUT2D eigenvalue weighted by atomic mass is 10.2. The number of hydrogen-bond donors (Lipinski definition) is 0. The molecule has 0 N–H and O–H groups in total. The number of hydrogen-bond acceptors (Lipinski definition) is 1. The Labute approximate surface area is 203 Å². The van der Waals surface area contributed by atoms with Gasteiger partial charge in [-0.1, -0.05) is 84.9 Å². The molecule has 34 heavy (non-hydrogen) atoms. The van der Waals surface area contributed by atoms with Crippen LogP contribution in [-0.2, 0) is 13.0 Å². The van der Waals surface area contributed by atoms with Crippen LogP contribution in [0.3, 0.4) is 0 Å². The molecule has 3 heteroatoms. The quantitative estimate of drug-likeness (QED) is 0.252. The largest absolute Gasteiger partial charge is 0.330 e. The van der Waals surface area contributed by atoms with Gasteiger partial charge in [0.2, 0.25) is 0 Å². The van der Waals surface area contributed by atoms with E-state index in [1.807, 2.05) is 12.5 Å². The third-order valence-electron chi connectivity index (χ3n) is 6.51. The highest BCUT2D eigenvalue weighted by Crippen LogP contribution is 2.55. The Bertz CT molecular complexity index is 1190. The molecule has 168 valence electrons. The zero-order chi connectivity index (χ0) is 23.1. The minimum Gasteiger partial charge on any atom is -0.330 e. The summed E-state index contributed by atoms with van der Waals surface area (Å²) in [4.78, 5) is 4.48. The van der Waals surface area contributed by atoms with E-state index < -0.39 is 7.26 Å². The van der Waals surface area contributed by atoms with E-state index in [2.05, 4.69) is 131 Å². The summed E-state index contributed by atoms with van der Waals surface area (Å²) in [5.74, 6) is 0. The molecule has 0 saturated heterocycles. The van der Waals surface area contributed by atoms with E-state index >= 15 is 0 Å². The Hall–Kier alpha value is -3.48. The molecule has 0 amide bonds. The fourth-order valence-corrected chi connectivity index (χ4v) is 9.20. The molecule has 0 aliphatic rings. The molecule has 0 radical (unpaired) electrons. The van der Waals surface area contributed by atoms with Crippen LogP contribution in [0.25, 0.3) is 0 Å². The van der Waals surface area contributed by atoms with E-state index in [9.17, 15) is 0 Å². The number of rotatable bonds is 9. The molecule has 0 bridgehead atoms. The van der Waals surface area contributed by atoms with E-state index in [4.69, 9.17) is 0 Å². The average molecular weight is 462 g/mol. The third-order valence-corrected chi connectivity index (χ3v) is 11.0. The number of aryl methyl sites for hydroxylation is 1. The van der Waals surface area contributed by atoms with Crippen molar-refractivity contribution in [3.8, 4) is 0 Å². The second-order valence-corrected chi connectivity index (χ2v) is 12.3. The summed E-state index contributed by atoms with van der Waals surface area (Å²) >= 11 is 0. The van der Waals surface area contributed by atoms with E-state index in [0.717, 1.165) is 25.5 Å². The van der Waals surface area contributed by atoms with Gasteiger partial charge in [-0.3, -0.25) is 0 Å². The van der Waals surface area contributed by atoms with Crippen molar-refractivity contribution in [2.45, 2.75) is 19.4 Å². The summed E-state index contributed by atoms with van der Waals surface area (Å²) < 4.78 is 2.29. The van der Waals surface area contributed by atoms with Gasteiger partial charge in [0.25, 0.3) is 0 Å². The zero-order valence-electron chi connectivity index (χ0n) is 19.4. The summed E-state index contributed by atoms with van der Waals surface area (Å²) in [6.45, 7) is 0.868. The predicted octanol–water partition coefficient (Wildman–Crippen LogP) is 5.86. The second kappa shape index (κ2) is 10.6. The van der Waals surface area contributed by atoms with Crippen molar-refractivity contribution in [1.29, 1.82) is 0 Å². The van der Waals surface area contributed by atoms with Gasteiger partial charge in [0.15, 0.2) is 0 Å². The zero-order valence-corrected chi connectivity index (χ0v) is 20.3. The molecule has 0 spiro atoms. The summed E-state index contributed by atoms with van der Waals surface area (Å²) in [6, 6.07) is 44.1. The Morgan fingerprint density at radius 2 is 1.06 bits per heavy atom. The molecule has 5 aromatic rings. The van der Waals surface area contributed by atoms with Gasteiger partial charge in [-0.05, 0) is 54.8 Å². The highest BCUT2D eigenvalue weighted by atomic mass is 31.2. The molecule has 4 aromatic carbocycles. The number of nitrogens with zero attached hydrogens (tertiary/aromatic N) is 2. The van der Waals surface area contributed by atoms with Crippen LogP contribution in [-0.4, -0.2) is 15.7 Å². The molecule has 0 aliphatic carbocycles. The Kier molecular flexibility index (Phi) is 6.98. The standard InChI is InChI=1S/C31H30N2P/c1-5-14-27(15-6-1)25-33-26-32-24-28(33)16-13-23-34(29-17-7-2-8-18-29,30-19-9-3-10-20-30)31-21-11-4-12-22-31/h1-12,14-15,17-22,24,26H,13,16,23,25H2/q+1. The van der Waals surface area contributed by atoms with Crippen LogP contribution in [0.4, 0.5) is 0 Å². The Morgan fingerprint density at radius 1 is 0.588 bits per heavy atom. The third kappa shape index (κ3) is 4.74. The highest BCUT2D eigenvalue weighted by Gasteiger charge is 2.44. The maximum atomic E-state index is 4.48. The number of imidazole rings is 1. The predicted molar refractivity (Wildman–Crippen MR) is 146 cm³/mol. The molecular weight excluding hydrogens is 431 g/mol. The fraction of sp³-hybridized carbons (Fsp3) is 0.129. The van der Waals surface area contributed by atoms with Crippen molar-refractivity contribution < 1.29 is 0 Å². The van der Waals surface area contributed by atoms with Crippen molar-refractivity contribution in [2.24, 2.45) is 0 Å². The first-order valence-corrected chi connectivity index (χ1v) is 13.9. The van der Waals surface area contributed by atoms with Gasteiger partial charge < -0.3 is 4.57 Å². The summed E-state index contributed by atoms with van der Waals surface area (Å²) in [7, 11) is -1.78. The van der Waals surface area contributed by atoms with Gasteiger partial charge in [0.05, 0.1) is 12.5 Å². The Morgan fingerprint density at radius 3 is 1.56 bits per heavy atom. The fourth-order valence-electron chi connectivity index (χ4n) is 4.86. The van der Waals surface area contributed by atoms with Gasteiger partial charge in [-0.15, -0.1) is 0 Å². The molecule has 0 fully saturated rings. The SMILES string of the molecule is c1ccc(Cn2cncc2CCC[P+](c2ccccc2)(c2ccccc2)c2ccccc2)cc1. The van der Waals surface area contributed by atoms with Crippen LogP contribution < -0.4 is 15.9 Å². The molecule has 0 unspecified atom stereocenters. The molecule has 0 aliphatic heterocycles. The summed E-state index contributed by atoms with van der Waals surface area (Å²) in [5.41, 5.74) is 2.61. The van der Waals surface area contributed by atoms with Crippen LogP contribution >= 0.6 is 7.26 Å². The molecule has 5 rings (SSSR count). The van der Waals surface area contributed by atoms with Crippen molar-refractivity contribution in [2.75, 3.05) is 6.16 Å². The first-order valence-electron chi connectivity index (χ1n) is 11.9. The molecule has 0 saturated carbocycles. The molecular formula is C31H30N2P+. The van der Waals surface area contributed by atoms with Gasteiger partial charge in [-0.2, -0.15) is 0 Å². The first-order chi connectivity index (χ1) is 16.9. The smallest absolute Gasteiger partial charge is 0.112 e. The molecule has 1 aromatic heterocycles. The lowest BCUT2D eigenvalue weighted by Gasteiger charge is -2.27. The molecule has 1 heterocycles. The normalized spacial score (nSPS) is 11.4. The van der Waals surface area contributed by atoms with Gasteiger partial charge in [-0.25, -0.2) is 4.98 Å². The van der Waals surface area contributed by atoms with Crippen LogP contribution in [0.15, 0.2) is 134 Å². The van der Waals surface area contributed by atoms with Gasteiger partial charge in [0.1, 0.15) is 23.2 Å². The maximum Gasteiger partial charge on any atom is 0.112 e. The van der Waals surface area contributed by atoms with Crippen LogP contribution in [0.2, 0.25) is 0 Å². The highest BCUT2D eigenvalue weighted by molar-refractivity contribution is 7.95. The average Bonchev–Trinajstić information content (AvgIpc) is 3.35. The minimum atomic E-state index is -1.78. The molecule has 2 nitrogen and oxygen atoms in total. The van der Waals surface area contributed by atoms with Crippen molar-refractivity contribution in [3.05, 3.63) is 145 Å². The number of aromatic nitrogens is 2. The van der Waals surface area contributed by atoms with Crippen molar-refractivity contribution >= 4 is 23.2 Å². The monoisotopic (exact) mass is 461 g/mol. The van der Waals surface area contributed by atoms with Crippen LogP contribution in [0.1, 0.15) is 17.7 Å². The maximum absolute atomic E-state index is 4.48. The summed E-state index contributed by atoms with van der Waals surface area (Å²) in [6.07, 6.45) is 7.25. The first kappa shape index (κ1) is 22.3. The summed E-state index contributed by atoms with van der Waals surface area (Å²) in [5, 5.41) is 4.35. The lowest BCUT2D eigenvalue weighted by Crippen LogP contribution is -2.33. The van der Waals surface area contributed by atoms with Crippen molar-refractivity contribution in [3.63, 3.8) is 0 Å². The Balaban J connectivity index is 1.47. The van der Waals surface area contributed by atoms with Crippen molar-refractivity contribution in [1.82, 2.24) is 9.55 Å². The van der Waals surface area contributed by atoms with E-state index in [1.54, 1.807) is 0 Å². The lowest BCUT2D eigenvalue weighted by molar-refractivity contribution is 0.724. The van der Waals surface area contributed by atoms with E-state index in [-0.39, 0.29) is 0 Å². The minimum absolute atomic E-state index is 0.868. The second-order valence-electron chi connectivity index (χ2n) is 8.64. The van der Waals surface area contributed by atoms with Crippen LogP contribution in [0, 0.1) is 0 Å². The van der Waals surface area contributed by atoms with Gasteiger partial charge in [0, 0.05) is 18.4 Å². The number of benzene rings is 4. The topological polar surface area (TPSA) is 17.8 Å².